The highest BCUT2D eigenvalue weighted by Gasteiger charge is 2.10. The van der Waals surface area contributed by atoms with Gasteiger partial charge in [-0.3, -0.25) is 4.79 Å². The zero-order valence-electron chi connectivity index (χ0n) is 12.5. The van der Waals surface area contributed by atoms with Crippen molar-refractivity contribution < 1.29 is 4.79 Å². The number of H-pyrrole nitrogens is 1. The Balaban J connectivity index is 1.79. The first kappa shape index (κ1) is 14.7. The van der Waals surface area contributed by atoms with Crippen LogP contribution in [0.4, 0.5) is 5.69 Å². The minimum absolute atomic E-state index is 0.0362. The minimum atomic E-state index is -0.0362. The van der Waals surface area contributed by atoms with E-state index in [9.17, 15) is 4.79 Å². The Labute approximate surface area is 134 Å². The van der Waals surface area contributed by atoms with Crippen LogP contribution < -0.4 is 5.32 Å². The molecule has 0 saturated heterocycles. The van der Waals surface area contributed by atoms with E-state index in [0.29, 0.717) is 11.4 Å². The number of hydrogen-bond acceptors (Lipinski definition) is 1. The quantitative estimate of drug-likeness (QED) is 0.728. The molecule has 0 aliphatic rings. The van der Waals surface area contributed by atoms with Crippen LogP contribution in [0.25, 0.3) is 10.9 Å². The summed E-state index contributed by atoms with van der Waals surface area (Å²) in [4.78, 5) is 15.4. The van der Waals surface area contributed by atoms with E-state index in [-0.39, 0.29) is 5.91 Å². The Morgan fingerprint density at radius 2 is 1.86 bits per heavy atom. The molecule has 0 atom stereocenters. The Hall–Kier alpha value is -2.26. The molecule has 0 radical (unpaired) electrons. The Morgan fingerprint density at radius 3 is 2.59 bits per heavy atom. The number of halogens is 1. The molecule has 0 bridgehead atoms. The van der Waals surface area contributed by atoms with Gasteiger partial charge in [0.2, 0.25) is 5.91 Å². The van der Waals surface area contributed by atoms with E-state index in [1.807, 2.05) is 50.4 Å². The lowest BCUT2D eigenvalue weighted by molar-refractivity contribution is -0.115. The van der Waals surface area contributed by atoms with Crippen LogP contribution >= 0.6 is 11.6 Å². The summed E-state index contributed by atoms with van der Waals surface area (Å²) in [5.41, 5.74) is 5.03. The van der Waals surface area contributed by atoms with E-state index in [1.54, 1.807) is 0 Å². The summed E-state index contributed by atoms with van der Waals surface area (Å²) < 4.78 is 0. The van der Waals surface area contributed by atoms with E-state index in [0.717, 1.165) is 33.3 Å². The lowest BCUT2D eigenvalue weighted by atomic mass is 10.1. The molecule has 1 amide bonds. The molecule has 3 rings (SSSR count). The molecular formula is C18H17ClN2O. The smallest absolute Gasteiger partial charge is 0.228 e. The second-order valence-corrected chi connectivity index (χ2v) is 6.04. The second-order valence-electron chi connectivity index (χ2n) is 5.61. The molecule has 3 aromatic rings. The van der Waals surface area contributed by atoms with Crippen molar-refractivity contribution in [3.8, 4) is 0 Å². The molecule has 0 unspecified atom stereocenters. The molecule has 1 heterocycles. The summed E-state index contributed by atoms with van der Waals surface area (Å²) in [6.45, 7) is 4.04. The average Bonchev–Trinajstić information content (AvgIpc) is 2.80. The van der Waals surface area contributed by atoms with Crippen LogP contribution in [0, 0.1) is 13.8 Å². The van der Waals surface area contributed by atoms with Crippen molar-refractivity contribution in [1.29, 1.82) is 0 Å². The van der Waals surface area contributed by atoms with Gasteiger partial charge in [-0.25, -0.2) is 0 Å². The van der Waals surface area contributed by atoms with Gasteiger partial charge in [-0.1, -0.05) is 17.7 Å². The summed E-state index contributed by atoms with van der Waals surface area (Å²) in [6.07, 6.45) is 2.18. The number of carbonyl (C=O) groups is 1. The number of carbonyl (C=O) groups excluding carboxylic acids is 1. The number of benzene rings is 2. The molecule has 0 aliphatic carbocycles. The second kappa shape index (κ2) is 5.85. The number of aromatic nitrogens is 1. The van der Waals surface area contributed by atoms with Gasteiger partial charge in [0.15, 0.2) is 0 Å². The molecule has 3 nitrogen and oxygen atoms in total. The maximum atomic E-state index is 12.3. The number of aryl methyl sites for hydroxylation is 2. The topological polar surface area (TPSA) is 44.9 Å². The Bertz CT molecular complexity index is 831. The molecule has 22 heavy (non-hydrogen) atoms. The minimum Gasteiger partial charge on any atom is -0.361 e. The van der Waals surface area contributed by atoms with Crippen LogP contribution in [0.5, 0.6) is 0 Å². The van der Waals surface area contributed by atoms with Crippen molar-refractivity contribution in [2.24, 2.45) is 0 Å². The summed E-state index contributed by atoms with van der Waals surface area (Å²) in [5.74, 6) is -0.0362. The third-order valence-electron chi connectivity index (χ3n) is 3.59. The first-order valence-electron chi connectivity index (χ1n) is 7.15. The molecule has 0 aliphatic heterocycles. The number of hydrogen-bond donors (Lipinski definition) is 2. The standard InChI is InChI=1S/C18H17ClN2O/c1-11-5-12(2)7-15(6-11)21-18(22)8-13-10-20-17-4-3-14(19)9-16(13)17/h3-7,9-10,20H,8H2,1-2H3,(H,21,22). The number of fused-ring (bicyclic) bond motifs is 1. The first-order valence-corrected chi connectivity index (χ1v) is 7.53. The van der Waals surface area contributed by atoms with Gasteiger partial charge in [-0.2, -0.15) is 0 Å². The zero-order chi connectivity index (χ0) is 15.7. The third-order valence-corrected chi connectivity index (χ3v) is 3.82. The number of rotatable bonds is 3. The highest BCUT2D eigenvalue weighted by atomic mass is 35.5. The van der Waals surface area contributed by atoms with Crippen LogP contribution in [-0.4, -0.2) is 10.9 Å². The predicted molar refractivity (Wildman–Crippen MR) is 91.6 cm³/mol. The lowest BCUT2D eigenvalue weighted by Crippen LogP contribution is -2.14. The third kappa shape index (κ3) is 3.15. The van der Waals surface area contributed by atoms with E-state index < -0.39 is 0 Å². The molecular weight excluding hydrogens is 296 g/mol. The number of nitrogens with one attached hydrogen (secondary N) is 2. The van der Waals surface area contributed by atoms with Gasteiger partial charge in [-0.05, 0) is 60.9 Å². The van der Waals surface area contributed by atoms with E-state index >= 15 is 0 Å². The maximum Gasteiger partial charge on any atom is 0.228 e. The van der Waals surface area contributed by atoms with Crippen molar-refractivity contribution in [2.45, 2.75) is 20.3 Å². The van der Waals surface area contributed by atoms with Crippen molar-refractivity contribution in [1.82, 2.24) is 4.98 Å². The summed E-state index contributed by atoms with van der Waals surface area (Å²) in [5, 5.41) is 4.61. The summed E-state index contributed by atoms with van der Waals surface area (Å²) >= 11 is 6.03. The van der Waals surface area contributed by atoms with Crippen molar-refractivity contribution in [3.63, 3.8) is 0 Å². The monoisotopic (exact) mass is 312 g/mol. The van der Waals surface area contributed by atoms with Gasteiger partial charge in [0.05, 0.1) is 6.42 Å². The normalized spacial score (nSPS) is 10.9. The Kier molecular flexibility index (Phi) is 3.90. The van der Waals surface area contributed by atoms with E-state index in [1.165, 1.54) is 0 Å². The van der Waals surface area contributed by atoms with Crippen LogP contribution in [0.2, 0.25) is 5.02 Å². The first-order chi connectivity index (χ1) is 10.5. The highest BCUT2D eigenvalue weighted by molar-refractivity contribution is 6.31. The van der Waals surface area contributed by atoms with Gasteiger partial charge >= 0.3 is 0 Å². The summed E-state index contributed by atoms with van der Waals surface area (Å²) in [6, 6.07) is 11.7. The number of anilines is 1. The molecule has 0 spiro atoms. The van der Waals surface area contributed by atoms with E-state index in [2.05, 4.69) is 16.4 Å². The van der Waals surface area contributed by atoms with Gasteiger partial charge in [0, 0.05) is 27.8 Å². The van der Waals surface area contributed by atoms with Crippen LogP contribution in [0.3, 0.4) is 0 Å². The molecule has 0 fully saturated rings. The van der Waals surface area contributed by atoms with Crippen molar-refractivity contribution in [3.05, 3.63) is 64.3 Å². The fraction of sp³-hybridized carbons (Fsp3) is 0.167. The lowest BCUT2D eigenvalue weighted by Gasteiger charge is -2.07. The van der Waals surface area contributed by atoms with Gasteiger partial charge in [0.1, 0.15) is 0 Å². The molecule has 0 saturated carbocycles. The van der Waals surface area contributed by atoms with Crippen molar-refractivity contribution in [2.75, 3.05) is 5.32 Å². The number of amides is 1. The number of aromatic amines is 1. The molecule has 2 aromatic carbocycles. The van der Waals surface area contributed by atoms with Crippen molar-refractivity contribution >= 4 is 34.1 Å². The summed E-state index contributed by atoms with van der Waals surface area (Å²) in [7, 11) is 0. The molecule has 2 N–H and O–H groups in total. The average molecular weight is 313 g/mol. The van der Waals surface area contributed by atoms with Gasteiger partial charge in [-0.15, -0.1) is 0 Å². The van der Waals surface area contributed by atoms with Crippen LogP contribution in [-0.2, 0) is 11.2 Å². The molecule has 112 valence electrons. The van der Waals surface area contributed by atoms with Gasteiger partial charge < -0.3 is 10.3 Å². The fourth-order valence-electron chi connectivity index (χ4n) is 2.72. The Morgan fingerprint density at radius 1 is 1.14 bits per heavy atom. The van der Waals surface area contributed by atoms with Crippen LogP contribution in [0.1, 0.15) is 16.7 Å². The molecule has 1 aromatic heterocycles. The fourth-order valence-corrected chi connectivity index (χ4v) is 2.89. The largest absolute Gasteiger partial charge is 0.361 e. The van der Waals surface area contributed by atoms with Crippen LogP contribution in [0.15, 0.2) is 42.6 Å². The zero-order valence-corrected chi connectivity index (χ0v) is 13.3. The molecule has 4 heteroatoms. The predicted octanol–water partition coefficient (Wildman–Crippen LogP) is 4.62. The van der Waals surface area contributed by atoms with E-state index in [4.69, 9.17) is 11.6 Å². The van der Waals surface area contributed by atoms with Gasteiger partial charge in [0.25, 0.3) is 0 Å². The highest BCUT2D eigenvalue weighted by Crippen LogP contribution is 2.23. The SMILES string of the molecule is Cc1cc(C)cc(NC(=O)Cc2c[nH]c3ccc(Cl)cc23)c1. The maximum absolute atomic E-state index is 12.3.